The number of amides is 1. The van der Waals surface area contributed by atoms with Gasteiger partial charge in [0.2, 0.25) is 5.91 Å². The first-order valence-electron chi connectivity index (χ1n) is 6.50. The summed E-state index contributed by atoms with van der Waals surface area (Å²) in [7, 11) is 0. The Labute approximate surface area is 127 Å². The van der Waals surface area contributed by atoms with E-state index in [1.54, 1.807) is 0 Å². The number of piperazine rings is 1. The Morgan fingerprint density at radius 1 is 1.65 bits per heavy atom. The summed E-state index contributed by atoms with van der Waals surface area (Å²) in [6.45, 7) is 4.33. The van der Waals surface area contributed by atoms with E-state index in [-0.39, 0.29) is 18.5 Å². The summed E-state index contributed by atoms with van der Waals surface area (Å²) in [6.07, 6.45) is 0. The molecule has 1 aromatic carbocycles. The van der Waals surface area contributed by atoms with Gasteiger partial charge in [-0.2, -0.15) is 5.26 Å². The molecule has 1 unspecified atom stereocenters. The lowest BCUT2D eigenvalue weighted by molar-refractivity contribution is -0.117. The van der Waals surface area contributed by atoms with E-state index < -0.39 is 0 Å². The maximum absolute atomic E-state index is 12.1. The number of rotatable bonds is 3. The van der Waals surface area contributed by atoms with Gasteiger partial charge >= 0.3 is 0 Å². The zero-order valence-electron chi connectivity index (χ0n) is 11.3. The van der Waals surface area contributed by atoms with Crippen LogP contribution in [0.1, 0.15) is 5.56 Å². The molecule has 1 atom stereocenters. The van der Waals surface area contributed by atoms with Gasteiger partial charge in [-0.25, -0.2) is 0 Å². The maximum atomic E-state index is 12.1. The fraction of sp³-hybridized carbons (Fsp3) is 0.429. The van der Waals surface area contributed by atoms with Crippen molar-refractivity contribution in [3.63, 3.8) is 0 Å². The number of anilines is 1. The van der Waals surface area contributed by atoms with Crippen molar-refractivity contribution in [2.45, 2.75) is 13.0 Å². The first-order chi connectivity index (χ1) is 9.60. The van der Waals surface area contributed by atoms with Gasteiger partial charge in [0.25, 0.3) is 0 Å². The molecule has 0 aliphatic carbocycles. The number of nitrogens with zero attached hydrogens (tertiary/aromatic N) is 2. The van der Waals surface area contributed by atoms with Gasteiger partial charge in [0.1, 0.15) is 6.04 Å². The quantitative estimate of drug-likeness (QED) is 0.877. The zero-order valence-corrected chi connectivity index (χ0v) is 12.9. The van der Waals surface area contributed by atoms with Crippen molar-refractivity contribution in [1.29, 1.82) is 5.26 Å². The Morgan fingerprint density at radius 3 is 3.15 bits per heavy atom. The zero-order chi connectivity index (χ0) is 14.5. The largest absolute Gasteiger partial charge is 0.325 e. The van der Waals surface area contributed by atoms with Crippen molar-refractivity contribution in [2.75, 3.05) is 31.5 Å². The molecule has 5 nitrogen and oxygen atoms in total. The van der Waals surface area contributed by atoms with Crippen molar-refractivity contribution >= 4 is 27.5 Å². The molecule has 0 aromatic heterocycles. The summed E-state index contributed by atoms with van der Waals surface area (Å²) in [4.78, 5) is 14.0. The Hall–Kier alpha value is -1.42. The van der Waals surface area contributed by atoms with Crippen LogP contribution in [0.15, 0.2) is 22.7 Å². The summed E-state index contributed by atoms with van der Waals surface area (Å²) < 4.78 is 0.986. The van der Waals surface area contributed by atoms with Crippen molar-refractivity contribution in [3.8, 4) is 6.07 Å². The molecule has 2 rings (SSSR count). The van der Waals surface area contributed by atoms with Gasteiger partial charge in [0.05, 0.1) is 12.6 Å². The van der Waals surface area contributed by atoms with Crippen LogP contribution in [0, 0.1) is 18.3 Å². The normalized spacial score (nSPS) is 19.4. The smallest absolute Gasteiger partial charge is 0.238 e. The molecule has 0 bridgehead atoms. The highest BCUT2D eigenvalue weighted by molar-refractivity contribution is 9.10. The fourth-order valence-electron chi connectivity index (χ4n) is 2.20. The van der Waals surface area contributed by atoms with E-state index in [0.29, 0.717) is 13.1 Å². The molecule has 1 aliphatic heterocycles. The number of nitriles is 1. The molecule has 1 heterocycles. The molecule has 1 aliphatic rings. The van der Waals surface area contributed by atoms with Crippen molar-refractivity contribution in [1.82, 2.24) is 10.2 Å². The van der Waals surface area contributed by atoms with Crippen molar-refractivity contribution in [3.05, 3.63) is 28.2 Å². The monoisotopic (exact) mass is 336 g/mol. The Bertz CT molecular complexity index is 540. The maximum Gasteiger partial charge on any atom is 0.238 e. The molecule has 0 radical (unpaired) electrons. The molecular weight excluding hydrogens is 320 g/mol. The number of benzene rings is 1. The summed E-state index contributed by atoms with van der Waals surface area (Å²) in [6, 6.07) is 7.71. The second kappa shape index (κ2) is 6.84. The van der Waals surface area contributed by atoms with Gasteiger partial charge in [-0.15, -0.1) is 0 Å². The lowest BCUT2D eigenvalue weighted by Crippen LogP contribution is -2.52. The minimum absolute atomic E-state index is 0.0856. The molecule has 1 saturated heterocycles. The van der Waals surface area contributed by atoms with Crippen LogP contribution >= 0.6 is 15.9 Å². The minimum atomic E-state index is -0.236. The van der Waals surface area contributed by atoms with Gasteiger partial charge < -0.3 is 10.6 Å². The van der Waals surface area contributed by atoms with Crippen molar-refractivity contribution in [2.24, 2.45) is 0 Å². The molecule has 1 amide bonds. The first kappa shape index (κ1) is 15.0. The highest BCUT2D eigenvalue weighted by Crippen LogP contribution is 2.20. The van der Waals surface area contributed by atoms with E-state index in [1.165, 1.54) is 0 Å². The lowest BCUT2D eigenvalue weighted by Gasteiger charge is -2.31. The van der Waals surface area contributed by atoms with E-state index in [1.807, 2.05) is 30.0 Å². The van der Waals surface area contributed by atoms with Crippen LogP contribution < -0.4 is 10.6 Å². The van der Waals surface area contributed by atoms with E-state index in [0.717, 1.165) is 22.3 Å². The van der Waals surface area contributed by atoms with Crippen LogP contribution in [0.25, 0.3) is 0 Å². The van der Waals surface area contributed by atoms with Gasteiger partial charge in [-0.1, -0.05) is 15.9 Å². The molecule has 0 saturated carbocycles. The molecule has 0 spiro atoms. The topological polar surface area (TPSA) is 68.2 Å². The van der Waals surface area contributed by atoms with Gasteiger partial charge in [-0.3, -0.25) is 9.69 Å². The van der Waals surface area contributed by atoms with Crippen LogP contribution in [0.4, 0.5) is 5.69 Å². The van der Waals surface area contributed by atoms with Gasteiger partial charge in [-0.05, 0) is 30.7 Å². The molecule has 1 aromatic rings. The third kappa shape index (κ3) is 3.79. The van der Waals surface area contributed by atoms with E-state index >= 15 is 0 Å². The molecule has 6 heteroatoms. The number of carbonyl (C=O) groups excluding carboxylic acids is 1. The molecule has 2 N–H and O–H groups in total. The average molecular weight is 337 g/mol. The highest BCUT2D eigenvalue weighted by atomic mass is 79.9. The summed E-state index contributed by atoms with van der Waals surface area (Å²) in [5.74, 6) is -0.0856. The molecule has 20 heavy (non-hydrogen) atoms. The predicted molar refractivity (Wildman–Crippen MR) is 81.4 cm³/mol. The second-order valence-corrected chi connectivity index (χ2v) is 5.74. The first-order valence-corrected chi connectivity index (χ1v) is 7.30. The SMILES string of the molecule is Cc1cc(Br)ccc1NC(=O)CN1CCNCC1C#N. The third-order valence-corrected chi connectivity index (χ3v) is 3.81. The lowest BCUT2D eigenvalue weighted by atomic mass is 10.2. The standard InChI is InChI=1S/C14H17BrN4O/c1-10-6-11(15)2-3-13(10)18-14(20)9-19-5-4-17-8-12(19)7-16/h2-3,6,12,17H,4-5,8-9H2,1H3,(H,18,20). The van der Waals surface area contributed by atoms with Crippen LogP contribution in [0.5, 0.6) is 0 Å². The molecule has 106 valence electrons. The Morgan fingerprint density at radius 2 is 2.45 bits per heavy atom. The fourth-order valence-corrected chi connectivity index (χ4v) is 2.68. The van der Waals surface area contributed by atoms with E-state index in [9.17, 15) is 4.79 Å². The van der Waals surface area contributed by atoms with Crippen LogP contribution in [-0.2, 0) is 4.79 Å². The van der Waals surface area contributed by atoms with Crippen LogP contribution in [-0.4, -0.2) is 43.0 Å². The van der Waals surface area contributed by atoms with Crippen LogP contribution in [0.3, 0.4) is 0 Å². The Kier molecular flexibility index (Phi) is 5.12. The Balaban J connectivity index is 1.96. The number of carbonyl (C=O) groups is 1. The molecule has 1 fully saturated rings. The minimum Gasteiger partial charge on any atom is -0.325 e. The van der Waals surface area contributed by atoms with E-state index in [2.05, 4.69) is 32.6 Å². The summed E-state index contributed by atoms with van der Waals surface area (Å²) in [5.41, 5.74) is 1.81. The van der Waals surface area contributed by atoms with Crippen LogP contribution in [0.2, 0.25) is 0 Å². The number of halogens is 1. The predicted octanol–water partition coefficient (Wildman–Crippen LogP) is 1.49. The third-order valence-electron chi connectivity index (χ3n) is 3.31. The molecular formula is C14H17BrN4O. The van der Waals surface area contributed by atoms with Gasteiger partial charge in [0.15, 0.2) is 0 Å². The summed E-state index contributed by atoms with van der Waals surface area (Å²) in [5, 5.41) is 15.1. The number of hydrogen-bond acceptors (Lipinski definition) is 4. The van der Waals surface area contributed by atoms with Crippen molar-refractivity contribution < 1.29 is 4.79 Å². The highest BCUT2D eigenvalue weighted by Gasteiger charge is 2.23. The van der Waals surface area contributed by atoms with Gasteiger partial charge in [0, 0.05) is 29.8 Å². The number of hydrogen-bond donors (Lipinski definition) is 2. The average Bonchev–Trinajstić information content (AvgIpc) is 2.42. The number of nitrogens with one attached hydrogen (secondary N) is 2. The van der Waals surface area contributed by atoms with E-state index in [4.69, 9.17) is 5.26 Å². The number of aryl methyl sites for hydroxylation is 1. The second-order valence-electron chi connectivity index (χ2n) is 4.83. The summed E-state index contributed by atoms with van der Waals surface area (Å²) >= 11 is 3.40.